The van der Waals surface area contributed by atoms with Gasteiger partial charge in [-0.25, -0.2) is 12.8 Å². The fourth-order valence-electron chi connectivity index (χ4n) is 2.67. The first-order valence-electron chi connectivity index (χ1n) is 7.52. The summed E-state index contributed by atoms with van der Waals surface area (Å²) in [5.74, 6) is -0.690. The van der Waals surface area contributed by atoms with Crippen molar-refractivity contribution in [2.75, 3.05) is 26.8 Å². The minimum Gasteiger partial charge on any atom is -0.494 e. The van der Waals surface area contributed by atoms with Crippen LogP contribution in [0.5, 0.6) is 5.75 Å². The second kappa shape index (κ2) is 6.88. The van der Waals surface area contributed by atoms with Crippen LogP contribution in [0.1, 0.15) is 11.7 Å². The van der Waals surface area contributed by atoms with E-state index in [-0.39, 0.29) is 36.4 Å². The van der Waals surface area contributed by atoms with E-state index in [9.17, 15) is 12.8 Å². The molecule has 1 saturated heterocycles. The SMILES string of the molecule is COc1ccc(S(=O)(=O)N2CCO[C@@H](c3ccccc3)C2)cc1F. The van der Waals surface area contributed by atoms with Crippen LogP contribution >= 0.6 is 0 Å². The molecule has 0 radical (unpaired) electrons. The number of halogens is 1. The van der Waals surface area contributed by atoms with E-state index in [0.717, 1.165) is 11.6 Å². The van der Waals surface area contributed by atoms with Crippen molar-refractivity contribution in [3.63, 3.8) is 0 Å². The lowest BCUT2D eigenvalue weighted by atomic mass is 10.1. The Hall–Kier alpha value is -1.96. The van der Waals surface area contributed by atoms with Crippen molar-refractivity contribution >= 4 is 10.0 Å². The van der Waals surface area contributed by atoms with Crippen LogP contribution in [0.15, 0.2) is 53.4 Å². The molecule has 0 unspecified atom stereocenters. The van der Waals surface area contributed by atoms with Crippen LogP contribution in [0.2, 0.25) is 0 Å². The van der Waals surface area contributed by atoms with Crippen molar-refractivity contribution in [2.24, 2.45) is 0 Å². The molecule has 0 amide bonds. The van der Waals surface area contributed by atoms with E-state index < -0.39 is 15.8 Å². The van der Waals surface area contributed by atoms with Crippen LogP contribution in [-0.2, 0) is 14.8 Å². The number of morpholine rings is 1. The summed E-state index contributed by atoms with van der Waals surface area (Å²) < 4.78 is 51.3. The molecule has 1 fully saturated rings. The molecule has 1 aliphatic heterocycles. The molecule has 2 aromatic rings. The highest BCUT2D eigenvalue weighted by Gasteiger charge is 2.32. The number of methoxy groups -OCH3 is 1. The summed E-state index contributed by atoms with van der Waals surface area (Å²) in [5.41, 5.74) is 0.915. The molecule has 0 aromatic heterocycles. The van der Waals surface area contributed by atoms with Crippen LogP contribution < -0.4 is 4.74 Å². The standard InChI is InChI=1S/C17H18FNO4S/c1-22-16-8-7-14(11-15(16)18)24(20,21)19-9-10-23-17(12-19)13-5-3-2-4-6-13/h2-8,11,17H,9-10,12H2,1H3/t17-/m1/s1. The first-order valence-corrected chi connectivity index (χ1v) is 8.96. The molecule has 0 saturated carbocycles. The number of rotatable bonds is 4. The predicted molar refractivity (Wildman–Crippen MR) is 86.8 cm³/mol. The van der Waals surface area contributed by atoms with E-state index in [1.54, 1.807) is 0 Å². The van der Waals surface area contributed by atoms with Crippen LogP contribution in [0.3, 0.4) is 0 Å². The van der Waals surface area contributed by atoms with E-state index in [1.807, 2.05) is 30.3 Å². The third-order valence-electron chi connectivity index (χ3n) is 3.96. The fourth-order valence-corrected chi connectivity index (χ4v) is 4.11. The number of nitrogens with zero attached hydrogens (tertiary/aromatic N) is 1. The van der Waals surface area contributed by atoms with Gasteiger partial charge in [0.1, 0.15) is 0 Å². The van der Waals surface area contributed by atoms with Gasteiger partial charge in [0.25, 0.3) is 0 Å². The number of benzene rings is 2. The number of hydrogen-bond donors (Lipinski definition) is 0. The van der Waals surface area contributed by atoms with E-state index in [2.05, 4.69) is 0 Å². The third-order valence-corrected chi connectivity index (χ3v) is 5.82. The Morgan fingerprint density at radius 3 is 2.62 bits per heavy atom. The van der Waals surface area contributed by atoms with Gasteiger partial charge in [-0.15, -0.1) is 0 Å². The van der Waals surface area contributed by atoms with Gasteiger partial charge in [0.05, 0.1) is 24.7 Å². The molecule has 0 N–H and O–H groups in total. The Morgan fingerprint density at radius 2 is 1.96 bits per heavy atom. The van der Waals surface area contributed by atoms with Crippen molar-refractivity contribution in [3.05, 3.63) is 59.9 Å². The van der Waals surface area contributed by atoms with Gasteiger partial charge in [-0.1, -0.05) is 30.3 Å². The molecule has 0 aliphatic carbocycles. The van der Waals surface area contributed by atoms with Gasteiger partial charge in [-0.05, 0) is 23.8 Å². The molecule has 7 heteroatoms. The monoisotopic (exact) mass is 351 g/mol. The summed E-state index contributed by atoms with van der Waals surface area (Å²) in [6.07, 6.45) is -0.335. The quantitative estimate of drug-likeness (QED) is 0.850. The third kappa shape index (κ3) is 3.28. The number of sulfonamides is 1. The minimum absolute atomic E-state index is 0.0121. The summed E-state index contributed by atoms with van der Waals surface area (Å²) in [5, 5.41) is 0. The average molecular weight is 351 g/mol. The van der Waals surface area contributed by atoms with Crippen LogP contribution in [0, 0.1) is 5.82 Å². The lowest BCUT2D eigenvalue weighted by molar-refractivity contribution is -0.00255. The van der Waals surface area contributed by atoms with Gasteiger partial charge >= 0.3 is 0 Å². The molecule has 128 valence electrons. The van der Waals surface area contributed by atoms with Crippen molar-refractivity contribution in [1.82, 2.24) is 4.31 Å². The minimum atomic E-state index is -3.79. The lowest BCUT2D eigenvalue weighted by Gasteiger charge is -2.32. The highest BCUT2D eigenvalue weighted by molar-refractivity contribution is 7.89. The van der Waals surface area contributed by atoms with Crippen molar-refractivity contribution in [3.8, 4) is 5.75 Å². The van der Waals surface area contributed by atoms with Crippen molar-refractivity contribution in [2.45, 2.75) is 11.0 Å². The summed E-state index contributed by atoms with van der Waals surface area (Å²) in [4.78, 5) is -0.0884. The van der Waals surface area contributed by atoms with E-state index in [0.29, 0.717) is 0 Å². The maximum Gasteiger partial charge on any atom is 0.243 e. The van der Waals surface area contributed by atoms with Gasteiger partial charge in [-0.2, -0.15) is 4.31 Å². The van der Waals surface area contributed by atoms with Gasteiger partial charge in [0, 0.05) is 13.1 Å². The molecule has 1 atom stereocenters. The Kier molecular flexibility index (Phi) is 4.84. The van der Waals surface area contributed by atoms with Crippen molar-refractivity contribution < 1.29 is 22.3 Å². The highest BCUT2D eigenvalue weighted by atomic mass is 32.2. The van der Waals surface area contributed by atoms with Gasteiger partial charge < -0.3 is 9.47 Å². The van der Waals surface area contributed by atoms with E-state index >= 15 is 0 Å². The summed E-state index contributed by atoms with van der Waals surface area (Å²) in [6, 6.07) is 13.1. The largest absolute Gasteiger partial charge is 0.494 e. The lowest BCUT2D eigenvalue weighted by Crippen LogP contribution is -2.42. The Morgan fingerprint density at radius 1 is 1.21 bits per heavy atom. The normalized spacial score (nSPS) is 19.2. The molecule has 5 nitrogen and oxygen atoms in total. The van der Waals surface area contributed by atoms with Gasteiger partial charge in [0.15, 0.2) is 11.6 Å². The molecule has 2 aromatic carbocycles. The summed E-state index contributed by atoms with van der Waals surface area (Å²) in [7, 11) is -2.46. The number of hydrogen-bond acceptors (Lipinski definition) is 4. The summed E-state index contributed by atoms with van der Waals surface area (Å²) >= 11 is 0. The van der Waals surface area contributed by atoms with Crippen LogP contribution in [0.25, 0.3) is 0 Å². The Labute approximate surface area is 140 Å². The first kappa shape index (κ1) is 16.9. The van der Waals surface area contributed by atoms with Crippen LogP contribution in [-0.4, -0.2) is 39.5 Å². The summed E-state index contributed by atoms with van der Waals surface area (Å²) in [6.45, 7) is 0.719. The second-order valence-electron chi connectivity index (χ2n) is 5.43. The fraction of sp³-hybridized carbons (Fsp3) is 0.294. The zero-order chi connectivity index (χ0) is 17.2. The maximum atomic E-state index is 13.9. The first-order chi connectivity index (χ1) is 11.5. The van der Waals surface area contributed by atoms with Crippen LogP contribution in [0.4, 0.5) is 4.39 Å². The molecule has 24 heavy (non-hydrogen) atoms. The molecular formula is C17H18FNO4S. The highest BCUT2D eigenvalue weighted by Crippen LogP contribution is 2.28. The topological polar surface area (TPSA) is 55.8 Å². The molecule has 0 bridgehead atoms. The molecule has 3 rings (SSSR count). The smallest absolute Gasteiger partial charge is 0.243 e. The molecular weight excluding hydrogens is 333 g/mol. The van der Waals surface area contributed by atoms with Gasteiger partial charge in [-0.3, -0.25) is 0 Å². The second-order valence-corrected chi connectivity index (χ2v) is 7.37. The van der Waals surface area contributed by atoms with E-state index in [1.165, 1.54) is 23.5 Å². The molecule has 0 spiro atoms. The maximum absolute atomic E-state index is 13.9. The Bertz CT molecular complexity index is 811. The molecule has 1 aliphatic rings. The van der Waals surface area contributed by atoms with Crippen molar-refractivity contribution in [1.29, 1.82) is 0 Å². The number of ether oxygens (including phenoxy) is 2. The zero-order valence-corrected chi connectivity index (χ0v) is 14.0. The zero-order valence-electron chi connectivity index (χ0n) is 13.2. The Balaban J connectivity index is 1.85. The van der Waals surface area contributed by atoms with E-state index in [4.69, 9.17) is 9.47 Å². The predicted octanol–water partition coefficient (Wildman–Crippen LogP) is 2.60. The molecule has 1 heterocycles. The van der Waals surface area contributed by atoms with Gasteiger partial charge in [0.2, 0.25) is 10.0 Å². The average Bonchev–Trinajstić information content (AvgIpc) is 2.62.